The third-order valence-electron chi connectivity index (χ3n) is 6.60. The van der Waals surface area contributed by atoms with Gasteiger partial charge in [-0.1, -0.05) is 68.7 Å². The molecule has 4 heteroatoms. The maximum absolute atomic E-state index is 11.5. The summed E-state index contributed by atoms with van der Waals surface area (Å²) in [6.07, 6.45) is 10.6. The van der Waals surface area contributed by atoms with Crippen LogP contribution in [0.2, 0.25) is 0 Å². The highest BCUT2D eigenvalue weighted by Gasteiger charge is 2.43. The second-order valence-corrected chi connectivity index (χ2v) is 8.96. The van der Waals surface area contributed by atoms with E-state index in [0.29, 0.717) is 29.7 Å². The van der Waals surface area contributed by atoms with Crippen molar-refractivity contribution in [2.24, 2.45) is 23.7 Å². The Balaban J connectivity index is 1.62. The second kappa shape index (κ2) is 9.73. The zero-order valence-corrected chi connectivity index (χ0v) is 17.5. The van der Waals surface area contributed by atoms with Crippen molar-refractivity contribution in [3.8, 4) is 0 Å². The molecule has 158 valence electrons. The molecule has 1 aromatic carbocycles. The Morgan fingerprint density at radius 2 is 2.07 bits per heavy atom. The minimum absolute atomic E-state index is 0.0552. The van der Waals surface area contributed by atoms with E-state index < -0.39 is 12.1 Å². The number of hydrogen-bond acceptors (Lipinski definition) is 3. The van der Waals surface area contributed by atoms with Gasteiger partial charge in [-0.3, -0.25) is 0 Å². The predicted molar refractivity (Wildman–Crippen MR) is 115 cm³/mol. The van der Waals surface area contributed by atoms with E-state index in [1.54, 1.807) is 12.1 Å². The normalized spacial score (nSPS) is 28.3. The topological polar surface area (TPSA) is 77.8 Å². The molecule has 0 radical (unpaired) electrons. The molecule has 0 amide bonds. The molecule has 1 saturated carbocycles. The van der Waals surface area contributed by atoms with Crippen molar-refractivity contribution < 1.29 is 20.1 Å². The molecule has 3 rings (SSSR count). The van der Waals surface area contributed by atoms with E-state index in [9.17, 15) is 20.1 Å². The number of aliphatic hydroxyl groups excluding tert-OH is 2. The van der Waals surface area contributed by atoms with Gasteiger partial charge in [-0.05, 0) is 55.1 Å². The van der Waals surface area contributed by atoms with Crippen LogP contribution in [0.1, 0.15) is 61.9 Å². The Kier molecular flexibility index (Phi) is 7.31. The highest BCUT2D eigenvalue weighted by Crippen LogP contribution is 2.48. The molecule has 6 atom stereocenters. The molecule has 0 aliphatic heterocycles. The molecule has 4 nitrogen and oxygen atoms in total. The van der Waals surface area contributed by atoms with E-state index in [1.807, 2.05) is 24.3 Å². The molecule has 1 fully saturated rings. The van der Waals surface area contributed by atoms with Gasteiger partial charge in [0.1, 0.15) is 0 Å². The number of carboxylic acid groups (broad SMARTS) is 1. The Bertz CT molecular complexity index is 766. The highest BCUT2D eigenvalue weighted by atomic mass is 16.4. The molecular weight excluding hydrogens is 364 g/mol. The molecule has 29 heavy (non-hydrogen) atoms. The number of fused-ring (bicyclic) bond motifs is 1. The SMILES string of the molecule is CCCC(C)C[C@H](O)/C=C/[C@H]1[C@H]2CC(Cc3ccccc3C(=O)O)=C[C@H]2C[C@H]1O. The van der Waals surface area contributed by atoms with Crippen LogP contribution in [0, 0.1) is 23.7 Å². The maximum atomic E-state index is 11.5. The first-order valence-corrected chi connectivity index (χ1v) is 10.9. The first kappa shape index (κ1) is 21.8. The maximum Gasteiger partial charge on any atom is 0.335 e. The first-order valence-electron chi connectivity index (χ1n) is 10.9. The van der Waals surface area contributed by atoms with Crippen LogP contribution in [0.25, 0.3) is 0 Å². The van der Waals surface area contributed by atoms with Crippen molar-refractivity contribution in [1.82, 2.24) is 0 Å². The smallest absolute Gasteiger partial charge is 0.335 e. The summed E-state index contributed by atoms with van der Waals surface area (Å²) in [5, 5.41) is 30.3. The Morgan fingerprint density at radius 1 is 1.31 bits per heavy atom. The highest BCUT2D eigenvalue weighted by molar-refractivity contribution is 5.89. The van der Waals surface area contributed by atoms with Crippen LogP contribution < -0.4 is 0 Å². The van der Waals surface area contributed by atoms with Crippen LogP contribution in [0.4, 0.5) is 0 Å². The minimum Gasteiger partial charge on any atom is -0.478 e. The fourth-order valence-electron chi connectivity index (χ4n) is 5.22. The Hall–Kier alpha value is -1.91. The van der Waals surface area contributed by atoms with Gasteiger partial charge < -0.3 is 15.3 Å². The van der Waals surface area contributed by atoms with Crippen molar-refractivity contribution in [3.05, 3.63) is 59.2 Å². The zero-order chi connectivity index (χ0) is 21.0. The molecular formula is C25H34O4. The third-order valence-corrected chi connectivity index (χ3v) is 6.60. The zero-order valence-electron chi connectivity index (χ0n) is 17.5. The summed E-state index contributed by atoms with van der Waals surface area (Å²) < 4.78 is 0. The predicted octanol–water partition coefficient (Wildman–Crippen LogP) is 4.61. The van der Waals surface area contributed by atoms with E-state index in [1.165, 1.54) is 5.57 Å². The summed E-state index contributed by atoms with van der Waals surface area (Å²) in [5.74, 6) is 0.341. The summed E-state index contributed by atoms with van der Waals surface area (Å²) >= 11 is 0. The average molecular weight is 399 g/mol. The number of hydrogen-bond donors (Lipinski definition) is 3. The lowest BCUT2D eigenvalue weighted by Gasteiger charge is -2.19. The van der Waals surface area contributed by atoms with Crippen molar-refractivity contribution >= 4 is 5.97 Å². The number of carbonyl (C=O) groups is 1. The molecule has 0 heterocycles. The summed E-state index contributed by atoms with van der Waals surface area (Å²) in [5.41, 5.74) is 2.47. The number of carboxylic acids is 1. The summed E-state index contributed by atoms with van der Waals surface area (Å²) in [7, 11) is 0. The fraction of sp³-hybridized carbons (Fsp3) is 0.560. The summed E-state index contributed by atoms with van der Waals surface area (Å²) in [6, 6.07) is 7.19. The van der Waals surface area contributed by atoms with Crippen LogP contribution in [0.5, 0.6) is 0 Å². The van der Waals surface area contributed by atoms with Gasteiger partial charge in [-0.15, -0.1) is 0 Å². The van der Waals surface area contributed by atoms with Crippen molar-refractivity contribution in [2.45, 2.75) is 64.6 Å². The minimum atomic E-state index is -0.887. The van der Waals surface area contributed by atoms with Gasteiger partial charge in [-0.2, -0.15) is 0 Å². The molecule has 1 unspecified atom stereocenters. The van der Waals surface area contributed by atoms with Crippen molar-refractivity contribution in [2.75, 3.05) is 0 Å². The van der Waals surface area contributed by atoms with Crippen molar-refractivity contribution in [3.63, 3.8) is 0 Å². The largest absolute Gasteiger partial charge is 0.478 e. The second-order valence-electron chi connectivity index (χ2n) is 8.96. The van der Waals surface area contributed by atoms with Crippen LogP contribution in [0.15, 0.2) is 48.1 Å². The molecule has 2 aliphatic carbocycles. The first-order chi connectivity index (χ1) is 13.9. The van der Waals surface area contributed by atoms with Gasteiger partial charge >= 0.3 is 5.97 Å². The lowest BCUT2D eigenvalue weighted by atomic mass is 9.87. The van der Waals surface area contributed by atoms with Crippen LogP contribution >= 0.6 is 0 Å². The quantitative estimate of drug-likeness (QED) is 0.531. The van der Waals surface area contributed by atoms with Gasteiger partial charge in [-0.25, -0.2) is 4.79 Å². The van der Waals surface area contributed by atoms with Gasteiger partial charge in [0.2, 0.25) is 0 Å². The van der Waals surface area contributed by atoms with Gasteiger partial charge in [0.05, 0.1) is 17.8 Å². The summed E-state index contributed by atoms with van der Waals surface area (Å²) in [6.45, 7) is 4.33. The van der Waals surface area contributed by atoms with Crippen molar-refractivity contribution in [1.29, 1.82) is 0 Å². The van der Waals surface area contributed by atoms with E-state index in [0.717, 1.165) is 37.7 Å². The molecule has 0 aromatic heterocycles. The molecule has 2 aliphatic rings. The van der Waals surface area contributed by atoms with Crippen LogP contribution in [-0.4, -0.2) is 33.5 Å². The number of aromatic carboxylic acids is 1. The van der Waals surface area contributed by atoms with E-state index in [4.69, 9.17) is 0 Å². The number of rotatable bonds is 9. The molecule has 0 saturated heterocycles. The monoisotopic (exact) mass is 398 g/mol. The average Bonchev–Trinajstić information content (AvgIpc) is 3.16. The third kappa shape index (κ3) is 5.37. The lowest BCUT2D eigenvalue weighted by molar-refractivity contribution is 0.0696. The number of aliphatic hydroxyl groups is 2. The Morgan fingerprint density at radius 3 is 2.79 bits per heavy atom. The van der Waals surface area contributed by atoms with Crippen LogP contribution in [-0.2, 0) is 6.42 Å². The van der Waals surface area contributed by atoms with Gasteiger partial charge in [0, 0.05) is 5.92 Å². The fourth-order valence-corrected chi connectivity index (χ4v) is 5.22. The van der Waals surface area contributed by atoms with Gasteiger partial charge in [0.25, 0.3) is 0 Å². The molecule has 0 bridgehead atoms. The Labute approximate surface area is 174 Å². The lowest BCUT2D eigenvalue weighted by Crippen LogP contribution is -2.18. The van der Waals surface area contributed by atoms with E-state index in [2.05, 4.69) is 19.9 Å². The van der Waals surface area contributed by atoms with Crippen LogP contribution in [0.3, 0.4) is 0 Å². The van der Waals surface area contributed by atoms with Gasteiger partial charge in [0.15, 0.2) is 0 Å². The standard InChI is InChI=1S/C25H34O4/c1-3-6-16(2)11-20(26)9-10-22-23-14-17(13-19(23)15-24(22)27)12-18-7-4-5-8-21(18)25(28)29/h4-5,7-10,13,16,19-20,22-24,26-27H,3,6,11-12,14-15H2,1-2H3,(H,28,29)/b10-9+/t16?,19-,20+,22-,23-,24+/m0/s1. The molecule has 3 N–H and O–H groups in total. The number of benzene rings is 1. The molecule has 0 spiro atoms. The summed E-state index contributed by atoms with van der Waals surface area (Å²) in [4.78, 5) is 11.5. The number of allylic oxidation sites excluding steroid dienone is 2. The van der Waals surface area contributed by atoms with E-state index in [-0.39, 0.29) is 12.0 Å². The van der Waals surface area contributed by atoms with E-state index >= 15 is 0 Å². The molecule has 1 aromatic rings.